The molecule has 0 amide bonds. The summed E-state index contributed by atoms with van der Waals surface area (Å²) in [6.07, 6.45) is 1.10. The largest absolute Gasteiger partial charge is 0.310 e. The minimum Gasteiger partial charge on any atom is -0.310 e. The average Bonchev–Trinajstić information content (AvgIpc) is 2.81. The van der Waals surface area contributed by atoms with Crippen LogP contribution in [0.25, 0.3) is 5.69 Å². The summed E-state index contributed by atoms with van der Waals surface area (Å²) in [7, 11) is 0. The van der Waals surface area contributed by atoms with Crippen LogP contribution < -0.4 is 5.32 Å². The molecule has 0 aliphatic rings. The Balaban J connectivity index is 2.27. The molecule has 5 nitrogen and oxygen atoms in total. The number of hydrogen-bond acceptors (Lipinski definition) is 4. The van der Waals surface area contributed by atoms with E-state index in [4.69, 9.17) is 0 Å². The average molecular weight is 357 g/mol. The molecule has 1 N–H and O–H groups in total. The molecule has 0 unspecified atom stereocenters. The molecular weight excluding hydrogens is 341 g/mol. The highest BCUT2D eigenvalue weighted by Gasteiger charge is 2.10. The summed E-state index contributed by atoms with van der Waals surface area (Å²) in [6, 6.07) is 6.26. The Bertz CT molecular complexity index is 523. The number of tetrazole rings is 1. The third-order valence-electron chi connectivity index (χ3n) is 2.64. The molecule has 96 valence electrons. The van der Waals surface area contributed by atoms with Crippen LogP contribution in [0.4, 0.5) is 0 Å². The van der Waals surface area contributed by atoms with E-state index in [-0.39, 0.29) is 0 Å². The Morgan fingerprint density at radius 2 is 2.22 bits per heavy atom. The van der Waals surface area contributed by atoms with Crippen molar-refractivity contribution in [3.63, 3.8) is 0 Å². The molecule has 2 rings (SSSR count). The van der Waals surface area contributed by atoms with Crippen molar-refractivity contribution in [1.29, 1.82) is 0 Å². The Hall–Kier alpha value is -1.02. The summed E-state index contributed by atoms with van der Waals surface area (Å²) in [5.74, 6) is 0.841. The molecule has 1 aromatic heterocycles. The minimum absolute atomic E-state index is 0.686. The van der Waals surface area contributed by atoms with Crippen LogP contribution in [-0.2, 0) is 6.54 Å². The predicted molar refractivity (Wildman–Crippen MR) is 78.6 cm³/mol. The Morgan fingerprint density at radius 1 is 1.39 bits per heavy atom. The van der Waals surface area contributed by atoms with E-state index in [0.717, 1.165) is 24.5 Å². The zero-order valence-corrected chi connectivity index (χ0v) is 12.7. The first-order chi connectivity index (χ1) is 8.72. The SMILES string of the molecule is CCCNCc1nnnn1-c1cc(I)ccc1C. The molecule has 0 bridgehead atoms. The number of benzene rings is 1. The predicted octanol–water partition coefficient (Wildman–Crippen LogP) is 2.07. The Kier molecular flexibility index (Phi) is 4.65. The molecule has 0 aliphatic carbocycles. The lowest BCUT2D eigenvalue weighted by Gasteiger charge is -2.08. The normalized spacial score (nSPS) is 10.8. The molecule has 0 fully saturated rings. The van der Waals surface area contributed by atoms with E-state index >= 15 is 0 Å². The third kappa shape index (κ3) is 3.05. The van der Waals surface area contributed by atoms with Crippen LogP contribution in [0.5, 0.6) is 0 Å². The monoisotopic (exact) mass is 357 g/mol. The smallest absolute Gasteiger partial charge is 0.170 e. The summed E-state index contributed by atoms with van der Waals surface area (Å²) in [5, 5.41) is 15.2. The van der Waals surface area contributed by atoms with Gasteiger partial charge in [0.05, 0.1) is 12.2 Å². The van der Waals surface area contributed by atoms with Crippen LogP contribution in [0.3, 0.4) is 0 Å². The zero-order chi connectivity index (χ0) is 13.0. The highest BCUT2D eigenvalue weighted by atomic mass is 127. The van der Waals surface area contributed by atoms with Crippen molar-refractivity contribution >= 4 is 22.6 Å². The second kappa shape index (κ2) is 6.24. The molecule has 1 aromatic carbocycles. The van der Waals surface area contributed by atoms with Crippen LogP contribution in [0.1, 0.15) is 24.7 Å². The number of nitrogens with one attached hydrogen (secondary N) is 1. The maximum atomic E-state index is 4.08. The first-order valence-corrected chi connectivity index (χ1v) is 7.04. The van der Waals surface area contributed by atoms with Crippen LogP contribution in [0.2, 0.25) is 0 Å². The lowest BCUT2D eigenvalue weighted by molar-refractivity contribution is 0.632. The fraction of sp³-hybridized carbons (Fsp3) is 0.417. The number of rotatable bonds is 5. The van der Waals surface area contributed by atoms with Crippen molar-refractivity contribution in [3.05, 3.63) is 33.2 Å². The summed E-state index contributed by atoms with van der Waals surface area (Å²) in [6.45, 7) is 5.86. The van der Waals surface area contributed by atoms with E-state index < -0.39 is 0 Å². The van der Waals surface area contributed by atoms with Gasteiger partial charge < -0.3 is 5.32 Å². The van der Waals surface area contributed by atoms with Crippen molar-refractivity contribution in [2.45, 2.75) is 26.8 Å². The lowest BCUT2D eigenvalue weighted by Crippen LogP contribution is -2.18. The van der Waals surface area contributed by atoms with E-state index in [1.165, 1.54) is 9.13 Å². The molecule has 0 aliphatic heterocycles. The van der Waals surface area contributed by atoms with Gasteiger partial charge in [-0.05, 0) is 70.6 Å². The highest BCUT2D eigenvalue weighted by Crippen LogP contribution is 2.17. The maximum absolute atomic E-state index is 4.08. The number of hydrogen-bond donors (Lipinski definition) is 1. The lowest BCUT2D eigenvalue weighted by atomic mass is 10.2. The van der Waals surface area contributed by atoms with Crippen LogP contribution in [-0.4, -0.2) is 26.8 Å². The van der Waals surface area contributed by atoms with Gasteiger partial charge in [0.15, 0.2) is 5.82 Å². The molecular formula is C12H16IN5. The standard InChI is InChI=1S/C12H16IN5/c1-3-6-14-8-12-15-16-17-18(12)11-7-10(13)5-4-9(11)2/h4-5,7,14H,3,6,8H2,1-2H3. The number of aromatic nitrogens is 4. The number of aryl methyl sites for hydroxylation is 1. The Labute approximate surface area is 120 Å². The van der Waals surface area contributed by atoms with Gasteiger partial charge in [-0.3, -0.25) is 0 Å². The molecule has 0 saturated carbocycles. The van der Waals surface area contributed by atoms with E-state index in [2.05, 4.69) is 75.5 Å². The molecule has 1 heterocycles. The van der Waals surface area contributed by atoms with Gasteiger partial charge in [-0.15, -0.1) is 5.10 Å². The van der Waals surface area contributed by atoms with E-state index in [1.807, 2.05) is 0 Å². The van der Waals surface area contributed by atoms with Gasteiger partial charge in [-0.2, -0.15) is 4.68 Å². The second-order valence-electron chi connectivity index (χ2n) is 4.11. The second-order valence-corrected chi connectivity index (χ2v) is 5.36. The quantitative estimate of drug-likeness (QED) is 0.658. The fourth-order valence-corrected chi connectivity index (χ4v) is 2.17. The van der Waals surface area contributed by atoms with Crippen molar-refractivity contribution in [2.24, 2.45) is 0 Å². The molecule has 0 saturated heterocycles. The van der Waals surface area contributed by atoms with Crippen molar-refractivity contribution in [1.82, 2.24) is 25.5 Å². The molecule has 0 radical (unpaired) electrons. The third-order valence-corrected chi connectivity index (χ3v) is 3.31. The van der Waals surface area contributed by atoms with Crippen LogP contribution >= 0.6 is 22.6 Å². The summed E-state index contributed by atoms with van der Waals surface area (Å²) in [4.78, 5) is 0. The van der Waals surface area contributed by atoms with Gasteiger partial charge in [0.2, 0.25) is 0 Å². The summed E-state index contributed by atoms with van der Waals surface area (Å²) < 4.78 is 2.98. The summed E-state index contributed by atoms with van der Waals surface area (Å²) in [5.41, 5.74) is 2.21. The van der Waals surface area contributed by atoms with Crippen molar-refractivity contribution in [3.8, 4) is 5.69 Å². The number of nitrogens with zero attached hydrogens (tertiary/aromatic N) is 4. The van der Waals surface area contributed by atoms with Crippen LogP contribution in [0.15, 0.2) is 18.2 Å². The molecule has 0 spiro atoms. The minimum atomic E-state index is 0.686. The number of halogens is 1. The van der Waals surface area contributed by atoms with Crippen LogP contribution in [0, 0.1) is 10.5 Å². The zero-order valence-electron chi connectivity index (χ0n) is 10.5. The summed E-state index contributed by atoms with van der Waals surface area (Å²) >= 11 is 2.30. The van der Waals surface area contributed by atoms with Crippen molar-refractivity contribution < 1.29 is 0 Å². The van der Waals surface area contributed by atoms with E-state index in [0.29, 0.717) is 6.54 Å². The van der Waals surface area contributed by atoms with Gasteiger partial charge in [0.1, 0.15) is 0 Å². The van der Waals surface area contributed by atoms with E-state index in [1.54, 1.807) is 4.68 Å². The van der Waals surface area contributed by atoms with Crippen molar-refractivity contribution in [2.75, 3.05) is 6.54 Å². The van der Waals surface area contributed by atoms with Gasteiger partial charge >= 0.3 is 0 Å². The molecule has 6 heteroatoms. The topological polar surface area (TPSA) is 55.6 Å². The van der Waals surface area contributed by atoms with Gasteiger partial charge in [-0.25, -0.2) is 0 Å². The molecule has 0 atom stereocenters. The Morgan fingerprint density at radius 3 is 3.00 bits per heavy atom. The van der Waals surface area contributed by atoms with Gasteiger partial charge in [0, 0.05) is 3.57 Å². The van der Waals surface area contributed by atoms with Gasteiger partial charge in [0.25, 0.3) is 0 Å². The maximum Gasteiger partial charge on any atom is 0.170 e. The first kappa shape index (κ1) is 13.4. The first-order valence-electron chi connectivity index (χ1n) is 5.97. The van der Waals surface area contributed by atoms with E-state index in [9.17, 15) is 0 Å². The fourth-order valence-electron chi connectivity index (χ4n) is 1.69. The molecule has 18 heavy (non-hydrogen) atoms. The van der Waals surface area contributed by atoms with Gasteiger partial charge in [-0.1, -0.05) is 13.0 Å². The molecule has 2 aromatic rings. The highest BCUT2D eigenvalue weighted by molar-refractivity contribution is 14.1.